The lowest BCUT2D eigenvalue weighted by Crippen LogP contribution is -2.27. The second-order valence-corrected chi connectivity index (χ2v) is 4.54. The van der Waals surface area contributed by atoms with Crippen molar-refractivity contribution in [2.24, 2.45) is 0 Å². The molecule has 0 atom stereocenters. The average molecular weight is 280 g/mol. The SMILES string of the molecule is Cc1ccccc1N(C)C(=O)c1ccc(C#CCO)cn1. The zero-order chi connectivity index (χ0) is 15.2. The molecule has 0 bridgehead atoms. The van der Waals surface area contributed by atoms with Crippen LogP contribution in [0.3, 0.4) is 0 Å². The van der Waals surface area contributed by atoms with E-state index in [-0.39, 0.29) is 12.5 Å². The van der Waals surface area contributed by atoms with E-state index in [1.54, 1.807) is 24.1 Å². The molecule has 2 aromatic rings. The predicted molar refractivity (Wildman–Crippen MR) is 82.1 cm³/mol. The lowest BCUT2D eigenvalue weighted by molar-refractivity contribution is 0.0988. The van der Waals surface area contributed by atoms with Crippen molar-refractivity contribution in [3.63, 3.8) is 0 Å². The molecule has 1 aromatic heterocycles. The van der Waals surface area contributed by atoms with E-state index in [4.69, 9.17) is 5.11 Å². The molecule has 2 rings (SSSR count). The van der Waals surface area contributed by atoms with Crippen molar-refractivity contribution in [2.45, 2.75) is 6.92 Å². The Morgan fingerprint density at radius 1 is 1.29 bits per heavy atom. The summed E-state index contributed by atoms with van der Waals surface area (Å²) in [5.41, 5.74) is 2.90. The maximum Gasteiger partial charge on any atom is 0.276 e. The summed E-state index contributed by atoms with van der Waals surface area (Å²) in [4.78, 5) is 18.1. The van der Waals surface area contributed by atoms with Crippen LogP contribution in [0.1, 0.15) is 21.6 Å². The van der Waals surface area contributed by atoms with E-state index >= 15 is 0 Å². The molecular weight excluding hydrogens is 264 g/mol. The van der Waals surface area contributed by atoms with Gasteiger partial charge < -0.3 is 10.0 Å². The molecule has 21 heavy (non-hydrogen) atoms. The Morgan fingerprint density at radius 3 is 2.67 bits per heavy atom. The zero-order valence-corrected chi connectivity index (χ0v) is 12.0. The quantitative estimate of drug-likeness (QED) is 0.856. The molecule has 0 saturated carbocycles. The molecule has 0 saturated heterocycles. The summed E-state index contributed by atoms with van der Waals surface area (Å²) in [6.45, 7) is 1.76. The number of aryl methyl sites for hydroxylation is 1. The second kappa shape index (κ2) is 6.69. The number of pyridine rings is 1. The van der Waals surface area contributed by atoms with E-state index in [9.17, 15) is 4.79 Å². The van der Waals surface area contributed by atoms with Crippen molar-refractivity contribution in [1.29, 1.82) is 0 Å². The van der Waals surface area contributed by atoms with Gasteiger partial charge in [-0.1, -0.05) is 30.0 Å². The standard InChI is InChI=1S/C17H16N2O2/c1-13-6-3-4-8-16(13)19(2)17(21)15-10-9-14(12-18-15)7-5-11-20/h3-4,6,8-10,12,20H,11H2,1-2H3. The minimum atomic E-state index is -0.198. The fourth-order valence-corrected chi connectivity index (χ4v) is 1.96. The monoisotopic (exact) mass is 280 g/mol. The van der Waals surface area contributed by atoms with Crippen LogP contribution in [0.25, 0.3) is 0 Å². The number of aromatic nitrogens is 1. The Labute approximate surface area is 124 Å². The normalized spacial score (nSPS) is 9.67. The number of nitrogens with zero attached hydrogens (tertiary/aromatic N) is 2. The highest BCUT2D eigenvalue weighted by Gasteiger charge is 2.15. The van der Waals surface area contributed by atoms with Gasteiger partial charge in [0.25, 0.3) is 5.91 Å². The van der Waals surface area contributed by atoms with Crippen LogP contribution in [0.4, 0.5) is 5.69 Å². The highest BCUT2D eigenvalue weighted by Crippen LogP contribution is 2.19. The van der Waals surface area contributed by atoms with Gasteiger partial charge in [-0.25, -0.2) is 4.98 Å². The van der Waals surface area contributed by atoms with Gasteiger partial charge in [-0.2, -0.15) is 0 Å². The molecule has 0 aliphatic heterocycles. The van der Waals surface area contributed by atoms with E-state index in [1.807, 2.05) is 31.2 Å². The second-order valence-electron chi connectivity index (χ2n) is 4.54. The first kappa shape index (κ1) is 14.8. The molecule has 0 aliphatic carbocycles. The molecule has 0 aliphatic rings. The van der Waals surface area contributed by atoms with Crippen molar-refractivity contribution in [3.05, 3.63) is 59.4 Å². The van der Waals surface area contributed by atoms with Crippen LogP contribution in [0.5, 0.6) is 0 Å². The van der Waals surface area contributed by atoms with Gasteiger partial charge in [-0.05, 0) is 30.7 Å². The third kappa shape index (κ3) is 3.47. The van der Waals surface area contributed by atoms with Crippen LogP contribution in [0.15, 0.2) is 42.6 Å². The Bertz CT molecular complexity index is 697. The Balaban J connectivity index is 2.22. The molecule has 4 heteroatoms. The van der Waals surface area contributed by atoms with Gasteiger partial charge in [-0.15, -0.1) is 0 Å². The molecule has 0 radical (unpaired) electrons. The number of carbonyl (C=O) groups excluding carboxylic acids is 1. The van der Waals surface area contributed by atoms with Gasteiger partial charge >= 0.3 is 0 Å². The molecule has 106 valence electrons. The van der Waals surface area contributed by atoms with Crippen molar-refractivity contribution < 1.29 is 9.90 Å². The van der Waals surface area contributed by atoms with Gasteiger partial charge in [-0.3, -0.25) is 4.79 Å². The molecular formula is C17H16N2O2. The summed E-state index contributed by atoms with van der Waals surface area (Å²) in [7, 11) is 1.73. The molecule has 0 spiro atoms. The fraction of sp³-hybridized carbons (Fsp3) is 0.176. The molecule has 1 aromatic carbocycles. The number of aliphatic hydroxyl groups is 1. The predicted octanol–water partition coefficient (Wildman–Crippen LogP) is 2.01. The first-order chi connectivity index (χ1) is 10.1. The van der Waals surface area contributed by atoms with Gasteiger partial charge in [0.05, 0.1) is 0 Å². The van der Waals surface area contributed by atoms with Crippen LogP contribution in [-0.2, 0) is 0 Å². The number of aliphatic hydroxyl groups excluding tert-OH is 1. The smallest absolute Gasteiger partial charge is 0.276 e. The summed E-state index contributed by atoms with van der Waals surface area (Å²) >= 11 is 0. The first-order valence-electron chi connectivity index (χ1n) is 6.53. The summed E-state index contributed by atoms with van der Waals surface area (Å²) < 4.78 is 0. The number of para-hydroxylation sites is 1. The number of carbonyl (C=O) groups is 1. The number of benzene rings is 1. The third-order valence-corrected chi connectivity index (χ3v) is 3.08. The number of rotatable bonds is 2. The van der Waals surface area contributed by atoms with Crippen molar-refractivity contribution in [1.82, 2.24) is 4.98 Å². The van der Waals surface area contributed by atoms with E-state index in [0.717, 1.165) is 11.3 Å². The van der Waals surface area contributed by atoms with Crippen LogP contribution >= 0.6 is 0 Å². The topological polar surface area (TPSA) is 53.4 Å². The van der Waals surface area contributed by atoms with E-state index in [0.29, 0.717) is 11.3 Å². The highest BCUT2D eigenvalue weighted by atomic mass is 16.2. The van der Waals surface area contributed by atoms with Gasteiger partial charge in [0, 0.05) is 24.5 Å². The lowest BCUT2D eigenvalue weighted by atomic mass is 10.1. The summed E-state index contributed by atoms with van der Waals surface area (Å²) in [6, 6.07) is 11.0. The fourth-order valence-electron chi connectivity index (χ4n) is 1.96. The summed E-state index contributed by atoms with van der Waals surface area (Å²) in [5.74, 6) is 5.11. The maximum atomic E-state index is 12.4. The minimum absolute atomic E-state index is 0.175. The van der Waals surface area contributed by atoms with Crippen LogP contribution in [-0.4, -0.2) is 29.7 Å². The third-order valence-electron chi connectivity index (χ3n) is 3.08. The summed E-state index contributed by atoms with van der Waals surface area (Å²) in [5, 5.41) is 8.64. The van der Waals surface area contributed by atoms with Crippen LogP contribution in [0, 0.1) is 18.8 Å². The summed E-state index contributed by atoms with van der Waals surface area (Å²) in [6.07, 6.45) is 1.53. The van der Waals surface area contributed by atoms with Crippen LogP contribution < -0.4 is 4.90 Å². The maximum absolute atomic E-state index is 12.4. The lowest BCUT2D eigenvalue weighted by Gasteiger charge is -2.18. The Morgan fingerprint density at radius 2 is 2.05 bits per heavy atom. The zero-order valence-electron chi connectivity index (χ0n) is 12.0. The van der Waals surface area contributed by atoms with E-state index in [2.05, 4.69) is 16.8 Å². The molecule has 1 heterocycles. The minimum Gasteiger partial charge on any atom is -0.384 e. The van der Waals surface area contributed by atoms with Gasteiger partial charge in [0.2, 0.25) is 0 Å². The number of amides is 1. The Hall–Kier alpha value is -2.64. The molecule has 0 fully saturated rings. The highest BCUT2D eigenvalue weighted by molar-refractivity contribution is 6.04. The Kier molecular flexibility index (Phi) is 4.70. The number of hydrogen-bond acceptors (Lipinski definition) is 3. The largest absolute Gasteiger partial charge is 0.384 e. The number of hydrogen-bond donors (Lipinski definition) is 1. The van der Waals surface area contributed by atoms with Crippen LogP contribution in [0.2, 0.25) is 0 Å². The number of anilines is 1. The molecule has 1 amide bonds. The van der Waals surface area contributed by atoms with Crippen molar-refractivity contribution in [2.75, 3.05) is 18.6 Å². The van der Waals surface area contributed by atoms with Gasteiger partial charge in [0.15, 0.2) is 0 Å². The van der Waals surface area contributed by atoms with Crippen molar-refractivity contribution in [3.8, 4) is 11.8 Å². The van der Waals surface area contributed by atoms with Crippen molar-refractivity contribution >= 4 is 11.6 Å². The molecule has 4 nitrogen and oxygen atoms in total. The average Bonchev–Trinajstić information content (AvgIpc) is 2.52. The molecule has 1 N–H and O–H groups in total. The van der Waals surface area contributed by atoms with E-state index in [1.165, 1.54) is 6.20 Å². The first-order valence-corrected chi connectivity index (χ1v) is 6.53. The van der Waals surface area contributed by atoms with Gasteiger partial charge in [0.1, 0.15) is 12.3 Å². The molecule has 0 unspecified atom stereocenters. The van der Waals surface area contributed by atoms with E-state index < -0.39 is 0 Å².